The van der Waals surface area contributed by atoms with Gasteiger partial charge in [0.05, 0.1) is 22.9 Å². The van der Waals surface area contributed by atoms with Crippen LogP contribution < -0.4 is 10.1 Å². The number of nitrogens with one attached hydrogen (secondary N) is 1. The van der Waals surface area contributed by atoms with Crippen molar-refractivity contribution in [1.29, 1.82) is 5.26 Å². The zero-order chi connectivity index (χ0) is 27.3. The highest BCUT2D eigenvalue weighted by Crippen LogP contribution is 2.48. The topological polar surface area (TPSA) is 97.8 Å². The number of aryl methyl sites for hydroxylation is 1. The third-order valence-corrected chi connectivity index (χ3v) is 5.83. The Bertz CT molecular complexity index is 1410. The number of alkyl halides is 7. The molecule has 3 aromatic rings. The molecule has 196 valence electrons. The summed E-state index contributed by atoms with van der Waals surface area (Å²) < 4.78 is 98.1. The summed E-state index contributed by atoms with van der Waals surface area (Å²) in [7, 11) is 0.943. The Morgan fingerprint density at radius 1 is 1.24 bits per heavy atom. The SMILES string of the molecule is Cn1nc(C(F)(F)C(F)(F)F)c(OC(F)F)c1-n1cc(-c2ccc(Cl)c(C(=O)NC3(C#N)CC3)c2)cn1. The maximum absolute atomic E-state index is 14.0. The van der Waals surface area contributed by atoms with Gasteiger partial charge >= 0.3 is 18.7 Å². The van der Waals surface area contributed by atoms with Crippen LogP contribution in [-0.2, 0) is 13.0 Å². The van der Waals surface area contributed by atoms with E-state index in [-0.39, 0.29) is 16.1 Å². The number of nitriles is 1. The van der Waals surface area contributed by atoms with E-state index in [1.165, 1.54) is 18.2 Å². The van der Waals surface area contributed by atoms with Gasteiger partial charge in [-0.3, -0.25) is 4.79 Å². The first-order valence-electron chi connectivity index (χ1n) is 10.2. The summed E-state index contributed by atoms with van der Waals surface area (Å²) in [5, 5.41) is 18.8. The molecule has 1 saturated carbocycles. The lowest BCUT2D eigenvalue weighted by molar-refractivity contribution is -0.291. The van der Waals surface area contributed by atoms with Crippen LogP contribution in [0.5, 0.6) is 5.75 Å². The number of halogens is 8. The van der Waals surface area contributed by atoms with Crippen molar-refractivity contribution in [3.05, 3.63) is 46.9 Å². The van der Waals surface area contributed by atoms with Crippen molar-refractivity contribution in [3.8, 4) is 28.8 Å². The van der Waals surface area contributed by atoms with E-state index in [0.29, 0.717) is 23.1 Å². The number of ether oxygens (including phenoxy) is 1. The largest absolute Gasteiger partial charge is 0.459 e. The Balaban J connectivity index is 1.74. The summed E-state index contributed by atoms with van der Waals surface area (Å²) in [4.78, 5) is 12.6. The van der Waals surface area contributed by atoms with Crippen LogP contribution in [0.25, 0.3) is 16.9 Å². The maximum Gasteiger partial charge on any atom is 0.459 e. The number of amides is 1. The number of carbonyl (C=O) groups is 1. The molecule has 1 aromatic carbocycles. The van der Waals surface area contributed by atoms with Crippen LogP contribution in [0.15, 0.2) is 30.6 Å². The normalized spacial score (nSPS) is 14.9. The molecule has 1 amide bonds. The number of nitrogens with zero attached hydrogens (tertiary/aromatic N) is 5. The lowest BCUT2D eigenvalue weighted by atomic mass is 10.1. The molecule has 8 nitrogen and oxygen atoms in total. The van der Waals surface area contributed by atoms with Crippen LogP contribution in [0.3, 0.4) is 0 Å². The Morgan fingerprint density at radius 2 is 1.92 bits per heavy atom. The van der Waals surface area contributed by atoms with Crippen LogP contribution in [0.1, 0.15) is 28.9 Å². The van der Waals surface area contributed by atoms with E-state index in [9.17, 15) is 40.8 Å². The predicted molar refractivity (Wildman–Crippen MR) is 112 cm³/mol. The Kier molecular flexibility index (Phi) is 6.35. The first kappa shape index (κ1) is 26.3. The average molecular weight is 551 g/mol. The lowest BCUT2D eigenvalue weighted by Gasteiger charge is -2.18. The molecule has 0 unspecified atom stereocenters. The fourth-order valence-electron chi connectivity index (χ4n) is 3.43. The highest BCUT2D eigenvalue weighted by Gasteiger charge is 2.62. The Hall–Kier alpha value is -3.80. The van der Waals surface area contributed by atoms with Gasteiger partial charge in [-0.15, -0.1) is 0 Å². The maximum atomic E-state index is 14.0. The minimum Gasteiger partial charge on any atom is -0.428 e. The van der Waals surface area contributed by atoms with Gasteiger partial charge in [0.15, 0.2) is 17.3 Å². The van der Waals surface area contributed by atoms with Gasteiger partial charge in [-0.25, -0.2) is 9.36 Å². The van der Waals surface area contributed by atoms with E-state index in [0.717, 1.165) is 24.1 Å². The molecule has 1 fully saturated rings. The molecule has 37 heavy (non-hydrogen) atoms. The lowest BCUT2D eigenvalue weighted by Crippen LogP contribution is -2.35. The number of hydrogen-bond acceptors (Lipinski definition) is 5. The van der Waals surface area contributed by atoms with Crippen molar-refractivity contribution >= 4 is 17.5 Å². The fraction of sp³-hybridized carbons (Fsp3) is 0.333. The number of aromatic nitrogens is 4. The van der Waals surface area contributed by atoms with Gasteiger partial charge in [0, 0.05) is 18.8 Å². The van der Waals surface area contributed by atoms with Gasteiger partial charge in [-0.1, -0.05) is 17.7 Å². The van der Waals surface area contributed by atoms with Gasteiger partial charge in [-0.2, -0.15) is 46.2 Å². The predicted octanol–water partition coefficient (Wildman–Crippen LogP) is 4.97. The zero-order valence-corrected chi connectivity index (χ0v) is 19.2. The Labute approximate surface area is 208 Å². The zero-order valence-electron chi connectivity index (χ0n) is 18.5. The van der Waals surface area contributed by atoms with Gasteiger partial charge < -0.3 is 10.1 Å². The summed E-state index contributed by atoms with van der Waals surface area (Å²) >= 11 is 6.12. The molecule has 0 saturated heterocycles. The molecule has 2 heterocycles. The molecule has 0 bridgehead atoms. The van der Waals surface area contributed by atoms with E-state index < -0.39 is 47.4 Å². The van der Waals surface area contributed by atoms with Gasteiger partial charge in [-0.05, 0) is 30.5 Å². The third kappa shape index (κ3) is 4.80. The first-order chi connectivity index (χ1) is 17.2. The number of hydrogen-bond donors (Lipinski definition) is 1. The van der Waals surface area contributed by atoms with Crippen molar-refractivity contribution in [1.82, 2.24) is 24.9 Å². The van der Waals surface area contributed by atoms with Crippen molar-refractivity contribution < 1.29 is 40.3 Å². The van der Waals surface area contributed by atoms with E-state index in [1.807, 2.05) is 6.07 Å². The molecule has 0 spiro atoms. The number of rotatable bonds is 7. The van der Waals surface area contributed by atoms with Crippen molar-refractivity contribution in [2.24, 2.45) is 7.05 Å². The smallest absolute Gasteiger partial charge is 0.428 e. The van der Waals surface area contributed by atoms with E-state index >= 15 is 0 Å². The summed E-state index contributed by atoms with van der Waals surface area (Å²) in [6.45, 7) is -3.75. The highest BCUT2D eigenvalue weighted by atomic mass is 35.5. The molecule has 16 heteroatoms. The van der Waals surface area contributed by atoms with Crippen LogP contribution in [-0.4, -0.2) is 43.8 Å². The van der Waals surface area contributed by atoms with Crippen LogP contribution >= 0.6 is 11.6 Å². The minimum absolute atomic E-state index is 0.00260. The molecule has 0 atom stereocenters. The molecular formula is C21H14ClF7N6O2. The number of benzene rings is 1. The molecule has 0 aliphatic heterocycles. The van der Waals surface area contributed by atoms with Crippen LogP contribution in [0, 0.1) is 11.3 Å². The molecule has 0 radical (unpaired) electrons. The standard InChI is InChI=1S/C21H14ClF7N6O2/c1-34-17(14(37-18(23)24)15(33-34)20(25,26)21(27,28)29)35-8-11(7-31-35)10-2-3-13(22)12(6-10)16(36)32-19(9-30)4-5-19/h2-3,6-8,18H,4-5H2,1H3,(H,32,36). The third-order valence-electron chi connectivity index (χ3n) is 5.50. The fourth-order valence-corrected chi connectivity index (χ4v) is 3.63. The molecule has 4 rings (SSSR count). The highest BCUT2D eigenvalue weighted by molar-refractivity contribution is 6.34. The molecule has 1 aliphatic carbocycles. The second-order valence-corrected chi connectivity index (χ2v) is 8.50. The van der Waals surface area contributed by atoms with Crippen LogP contribution in [0.4, 0.5) is 30.7 Å². The van der Waals surface area contributed by atoms with Crippen molar-refractivity contribution in [2.75, 3.05) is 0 Å². The van der Waals surface area contributed by atoms with Gasteiger partial charge in [0.25, 0.3) is 5.91 Å². The average Bonchev–Trinajstić information content (AvgIpc) is 3.26. The van der Waals surface area contributed by atoms with E-state index in [4.69, 9.17) is 11.6 Å². The molecular weight excluding hydrogens is 537 g/mol. The van der Waals surface area contributed by atoms with Gasteiger partial charge in [0.2, 0.25) is 0 Å². The second-order valence-electron chi connectivity index (χ2n) is 8.09. The summed E-state index contributed by atoms with van der Waals surface area (Å²) in [5.41, 5.74) is -2.52. The van der Waals surface area contributed by atoms with Crippen LogP contribution in [0.2, 0.25) is 5.02 Å². The van der Waals surface area contributed by atoms with Crippen molar-refractivity contribution in [3.63, 3.8) is 0 Å². The summed E-state index contributed by atoms with van der Waals surface area (Å²) in [6, 6.07) is 6.17. The Morgan fingerprint density at radius 3 is 2.49 bits per heavy atom. The number of carbonyl (C=O) groups excluding carboxylic acids is 1. The van der Waals surface area contributed by atoms with Gasteiger partial charge in [0.1, 0.15) is 5.54 Å². The second kappa shape index (κ2) is 8.94. The monoisotopic (exact) mass is 550 g/mol. The first-order valence-corrected chi connectivity index (χ1v) is 10.6. The minimum atomic E-state index is -6.14. The summed E-state index contributed by atoms with van der Waals surface area (Å²) in [6.07, 6.45) is -2.93. The molecule has 1 aliphatic rings. The summed E-state index contributed by atoms with van der Waals surface area (Å²) in [5.74, 6) is -8.49. The molecule has 1 N–H and O–H groups in total. The quantitative estimate of drug-likeness (QED) is 0.419. The van der Waals surface area contributed by atoms with Crippen molar-refractivity contribution in [2.45, 2.75) is 37.1 Å². The van der Waals surface area contributed by atoms with E-state index in [1.54, 1.807) is 0 Å². The van der Waals surface area contributed by atoms with E-state index in [2.05, 4.69) is 20.3 Å². The molecule has 2 aromatic heterocycles.